The molecule has 0 aliphatic carbocycles. The van der Waals surface area contributed by atoms with Crippen LogP contribution in [0.25, 0.3) is 0 Å². The number of hydrogen-bond donors (Lipinski definition) is 2. The van der Waals surface area contributed by atoms with Crippen LogP contribution in [0.4, 0.5) is 0 Å². The Kier molecular flexibility index (Phi) is 1.65. The van der Waals surface area contributed by atoms with Crippen LogP contribution in [-0.4, -0.2) is 23.8 Å². The molecule has 2 atom stereocenters. The van der Waals surface area contributed by atoms with E-state index in [1.807, 2.05) is 0 Å². The van der Waals surface area contributed by atoms with E-state index in [4.69, 9.17) is 5.11 Å². The second-order valence-corrected chi connectivity index (χ2v) is 2.05. The van der Waals surface area contributed by atoms with Crippen LogP contribution in [0.15, 0.2) is 6.58 Å². The summed E-state index contributed by atoms with van der Waals surface area (Å²) in [7, 11) is 0. The molecule has 0 saturated carbocycles. The van der Waals surface area contributed by atoms with E-state index >= 15 is 0 Å². The zero-order valence-electron chi connectivity index (χ0n) is 4.72. The fourth-order valence-corrected chi connectivity index (χ4v) is 0.873. The third-order valence-corrected chi connectivity index (χ3v) is 1.35. The standard InChI is InChI=1S/C6H10NO/c1-2-5-3-6(8)4-7-5/h5-8H,1,3-4H2. The first kappa shape index (κ1) is 5.79. The fourth-order valence-electron chi connectivity index (χ4n) is 0.873. The maximum atomic E-state index is 8.90. The summed E-state index contributed by atoms with van der Waals surface area (Å²) >= 11 is 0. The van der Waals surface area contributed by atoms with Crippen molar-refractivity contribution in [1.29, 1.82) is 0 Å². The minimum absolute atomic E-state index is 0.186. The fraction of sp³-hybridized carbons (Fsp3) is 0.667. The summed E-state index contributed by atoms with van der Waals surface area (Å²) in [6.07, 6.45) is 3.35. The van der Waals surface area contributed by atoms with Crippen LogP contribution in [0.1, 0.15) is 6.42 Å². The van der Waals surface area contributed by atoms with Crippen molar-refractivity contribution >= 4 is 0 Å². The quantitative estimate of drug-likeness (QED) is 0.488. The Morgan fingerprint density at radius 3 is 2.75 bits per heavy atom. The van der Waals surface area contributed by atoms with E-state index in [9.17, 15) is 0 Å². The van der Waals surface area contributed by atoms with E-state index in [2.05, 4.69) is 18.0 Å². The van der Waals surface area contributed by atoms with Gasteiger partial charge in [0.15, 0.2) is 0 Å². The lowest BCUT2D eigenvalue weighted by Crippen LogP contribution is -2.18. The second kappa shape index (κ2) is 2.29. The summed E-state index contributed by atoms with van der Waals surface area (Å²) < 4.78 is 0. The van der Waals surface area contributed by atoms with Crippen molar-refractivity contribution < 1.29 is 5.11 Å². The largest absolute Gasteiger partial charge is 0.392 e. The first-order chi connectivity index (χ1) is 3.83. The van der Waals surface area contributed by atoms with E-state index in [0.717, 1.165) is 6.42 Å². The van der Waals surface area contributed by atoms with E-state index in [-0.39, 0.29) is 12.1 Å². The molecule has 1 fully saturated rings. The summed E-state index contributed by atoms with van der Waals surface area (Å²) in [5.41, 5.74) is 0. The Balaban J connectivity index is 2.32. The van der Waals surface area contributed by atoms with Crippen molar-refractivity contribution in [1.82, 2.24) is 5.32 Å². The minimum atomic E-state index is -0.186. The molecular formula is C6H10NO. The molecule has 0 aromatic rings. The Labute approximate surface area is 49.2 Å². The van der Waals surface area contributed by atoms with Gasteiger partial charge in [0.25, 0.3) is 0 Å². The molecule has 1 saturated heterocycles. The molecule has 1 aliphatic rings. The van der Waals surface area contributed by atoms with Crippen molar-refractivity contribution in [3.8, 4) is 0 Å². The molecule has 1 heterocycles. The molecule has 1 radical (unpaired) electrons. The average molecular weight is 112 g/mol. The normalized spacial score (nSPS) is 37.6. The van der Waals surface area contributed by atoms with Gasteiger partial charge in [-0.25, -0.2) is 0 Å². The summed E-state index contributed by atoms with van der Waals surface area (Å²) in [5, 5.41) is 11.9. The maximum Gasteiger partial charge on any atom is 0.0682 e. The molecule has 2 N–H and O–H groups in total. The number of aliphatic hydroxyl groups is 1. The Morgan fingerprint density at radius 2 is 2.50 bits per heavy atom. The van der Waals surface area contributed by atoms with Crippen LogP contribution >= 0.6 is 0 Å². The first-order valence-corrected chi connectivity index (χ1v) is 2.77. The summed E-state index contributed by atoms with van der Waals surface area (Å²) in [5.74, 6) is 0. The highest BCUT2D eigenvalue weighted by Crippen LogP contribution is 2.04. The smallest absolute Gasteiger partial charge is 0.0682 e. The highest BCUT2D eigenvalue weighted by molar-refractivity contribution is 4.87. The van der Waals surface area contributed by atoms with Crippen LogP contribution in [0.2, 0.25) is 0 Å². The monoisotopic (exact) mass is 112 g/mol. The molecule has 0 bridgehead atoms. The van der Waals surface area contributed by atoms with Crippen molar-refractivity contribution in [2.45, 2.75) is 18.6 Å². The number of rotatable bonds is 1. The van der Waals surface area contributed by atoms with Crippen molar-refractivity contribution in [3.05, 3.63) is 12.7 Å². The number of hydrogen-bond acceptors (Lipinski definition) is 2. The average Bonchev–Trinajstić information content (AvgIpc) is 2.14. The molecule has 1 rings (SSSR count). The Bertz CT molecular complexity index is 92.5. The molecule has 2 heteroatoms. The van der Waals surface area contributed by atoms with Crippen molar-refractivity contribution in [2.24, 2.45) is 0 Å². The highest BCUT2D eigenvalue weighted by Gasteiger charge is 2.18. The predicted octanol–water partition coefficient (Wildman–Crippen LogP) is -0.302. The van der Waals surface area contributed by atoms with E-state index in [1.165, 1.54) is 0 Å². The second-order valence-electron chi connectivity index (χ2n) is 2.05. The van der Waals surface area contributed by atoms with Crippen LogP contribution in [0.5, 0.6) is 0 Å². The van der Waals surface area contributed by atoms with Gasteiger partial charge < -0.3 is 10.4 Å². The predicted molar refractivity (Wildman–Crippen MR) is 31.3 cm³/mol. The molecule has 2 nitrogen and oxygen atoms in total. The van der Waals surface area contributed by atoms with Crippen molar-refractivity contribution in [2.75, 3.05) is 6.54 Å². The van der Waals surface area contributed by atoms with Gasteiger partial charge in [0, 0.05) is 12.6 Å². The lowest BCUT2D eigenvalue weighted by atomic mass is 10.2. The summed E-state index contributed by atoms with van der Waals surface area (Å²) in [4.78, 5) is 0. The highest BCUT2D eigenvalue weighted by atomic mass is 16.3. The lowest BCUT2D eigenvalue weighted by molar-refractivity contribution is 0.194. The van der Waals surface area contributed by atoms with Crippen LogP contribution < -0.4 is 5.32 Å². The third kappa shape index (κ3) is 1.08. The van der Waals surface area contributed by atoms with E-state index in [1.54, 1.807) is 0 Å². The van der Waals surface area contributed by atoms with Gasteiger partial charge in [-0.3, -0.25) is 0 Å². The molecule has 1 aliphatic heterocycles. The Morgan fingerprint density at radius 1 is 1.75 bits per heavy atom. The molecule has 0 aromatic carbocycles. The summed E-state index contributed by atoms with van der Waals surface area (Å²) in [6.45, 7) is 4.17. The maximum absolute atomic E-state index is 8.90. The van der Waals surface area contributed by atoms with Gasteiger partial charge >= 0.3 is 0 Å². The molecule has 2 unspecified atom stereocenters. The van der Waals surface area contributed by atoms with E-state index in [0.29, 0.717) is 6.54 Å². The van der Waals surface area contributed by atoms with Gasteiger partial charge in [0.1, 0.15) is 0 Å². The van der Waals surface area contributed by atoms with Crippen molar-refractivity contribution in [3.63, 3.8) is 0 Å². The molecule has 0 aromatic heterocycles. The molecule has 0 spiro atoms. The number of aliphatic hydroxyl groups excluding tert-OH is 1. The lowest BCUT2D eigenvalue weighted by Gasteiger charge is -1.97. The molecular weight excluding hydrogens is 102 g/mol. The van der Waals surface area contributed by atoms with Gasteiger partial charge in [-0.1, -0.05) is 6.58 Å². The number of nitrogens with one attached hydrogen (secondary N) is 1. The zero-order chi connectivity index (χ0) is 5.98. The zero-order valence-corrected chi connectivity index (χ0v) is 4.72. The van der Waals surface area contributed by atoms with Gasteiger partial charge in [-0.15, -0.1) is 0 Å². The van der Waals surface area contributed by atoms with Crippen LogP contribution in [0, 0.1) is 6.08 Å². The van der Waals surface area contributed by atoms with E-state index < -0.39 is 0 Å². The van der Waals surface area contributed by atoms with Gasteiger partial charge in [-0.2, -0.15) is 0 Å². The van der Waals surface area contributed by atoms with Crippen LogP contribution in [0.3, 0.4) is 0 Å². The number of β-amino-alcohol motifs (C(OH)–C–C–N with tert-alkyl or cyclic N) is 1. The van der Waals surface area contributed by atoms with Gasteiger partial charge in [-0.05, 0) is 12.5 Å². The van der Waals surface area contributed by atoms with Gasteiger partial charge in [0.2, 0.25) is 0 Å². The van der Waals surface area contributed by atoms with Gasteiger partial charge in [0.05, 0.1) is 6.10 Å². The Hall–Kier alpha value is -0.340. The minimum Gasteiger partial charge on any atom is -0.392 e. The topological polar surface area (TPSA) is 32.3 Å². The first-order valence-electron chi connectivity index (χ1n) is 2.77. The molecule has 8 heavy (non-hydrogen) atoms. The molecule has 45 valence electrons. The summed E-state index contributed by atoms with van der Waals surface area (Å²) in [6, 6.07) is 0.213. The molecule has 0 amide bonds. The van der Waals surface area contributed by atoms with Crippen LogP contribution in [-0.2, 0) is 0 Å². The SMILES string of the molecule is C=[C]C1CC(O)CN1. The third-order valence-electron chi connectivity index (χ3n) is 1.35.